The molecule has 6 nitrogen and oxygen atoms in total. The first-order chi connectivity index (χ1) is 12.5. The number of anilines is 1. The van der Waals surface area contributed by atoms with Crippen LogP contribution in [0, 0.1) is 13.8 Å². The summed E-state index contributed by atoms with van der Waals surface area (Å²) in [5.41, 5.74) is 2.67. The van der Waals surface area contributed by atoms with E-state index < -0.39 is 11.7 Å². The van der Waals surface area contributed by atoms with Crippen LogP contribution < -0.4 is 10.1 Å². The fourth-order valence-corrected chi connectivity index (χ4v) is 2.30. The minimum Gasteiger partial charge on any atom is -0.424 e. The molecule has 0 aliphatic carbocycles. The van der Waals surface area contributed by atoms with Gasteiger partial charge in [-0.05, 0) is 43.7 Å². The quantitative estimate of drug-likeness (QED) is 0.562. The van der Waals surface area contributed by atoms with Gasteiger partial charge in [0, 0.05) is 23.6 Å². The third-order valence-corrected chi connectivity index (χ3v) is 3.72. The monoisotopic (exact) mass is 347 g/mol. The number of ether oxygens (including phenoxy) is 1. The van der Waals surface area contributed by atoms with Crippen LogP contribution in [0.5, 0.6) is 11.8 Å². The Labute approximate surface area is 150 Å². The molecule has 3 rings (SSSR count). The molecule has 0 atom stereocenters. The van der Waals surface area contributed by atoms with Gasteiger partial charge in [0.1, 0.15) is 5.75 Å². The van der Waals surface area contributed by atoms with Crippen LogP contribution in [0.2, 0.25) is 0 Å². The molecule has 0 unspecified atom stereocenters. The topological polar surface area (TPSA) is 81.2 Å². The average Bonchev–Trinajstić information content (AvgIpc) is 2.65. The number of hydrogen-bond donors (Lipinski definition) is 1. The van der Waals surface area contributed by atoms with Gasteiger partial charge >= 0.3 is 6.01 Å². The molecule has 1 heterocycles. The van der Waals surface area contributed by atoms with E-state index in [4.69, 9.17) is 4.74 Å². The standard InChI is InChI=1S/C20H17N3O3/c1-13-4-6-15(7-5-13)18(24)19(25)23-17-9-8-16(12-14(17)2)26-20-21-10-3-11-22-20/h3-12H,1-2H3,(H,23,25). The molecular formula is C20H17N3O3. The summed E-state index contributed by atoms with van der Waals surface area (Å²) in [6.07, 6.45) is 3.17. The Bertz CT molecular complexity index is 938. The molecule has 1 aromatic heterocycles. The SMILES string of the molecule is Cc1ccc(C(=O)C(=O)Nc2ccc(Oc3ncccn3)cc2C)cc1. The van der Waals surface area contributed by atoms with Crippen molar-refractivity contribution in [2.24, 2.45) is 0 Å². The highest BCUT2D eigenvalue weighted by Gasteiger charge is 2.17. The molecule has 26 heavy (non-hydrogen) atoms. The second kappa shape index (κ2) is 7.57. The summed E-state index contributed by atoms with van der Waals surface area (Å²) in [6.45, 7) is 3.73. The zero-order valence-electron chi connectivity index (χ0n) is 14.4. The van der Waals surface area contributed by atoms with E-state index in [0.29, 0.717) is 17.0 Å². The molecule has 0 aliphatic heterocycles. The van der Waals surface area contributed by atoms with Gasteiger partial charge < -0.3 is 10.1 Å². The number of nitrogens with one attached hydrogen (secondary N) is 1. The van der Waals surface area contributed by atoms with Crippen LogP contribution in [0.25, 0.3) is 0 Å². The van der Waals surface area contributed by atoms with Crippen LogP contribution in [0.4, 0.5) is 5.69 Å². The number of ketones is 1. The van der Waals surface area contributed by atoms with Crippen molar-refractivity contribution in [3.63, 3.8) is 0 Å². The smallest absolute Gasteiger partial charge is 0.321 e. The fraction of sp³-hybridized carbons (Fsp3) is 0.100. The first kappa shape index (κ1) is 17.3. The maximum absolute atomic E-state index is 12.2. The molecule has 0 spiro atoms. The zero-order chi connectivity index (χ0) is 18.5. The molecule has 6 heteroatoms. The van der Waals surface area contributed by atoms with E-state index in [1.807, 2.05) is 13.8 Å². The van der Waals surface area contributed by atoms with E-state index in [-0.39, 0.29) is 6.01 Å². The van der Waals surface area contributed by atoms with Crippen molar-refractivity contribution in [1.29, 1.82) is 0 Å². The van der Waals surface area contributed by atoms with Crippen molar-refractivity contribution in [2.45, 2.75) is 13.8 Å². The summed E-state index contributed by atoms with van der Waals surface area (Å²) < 4.78 is 5.55. The van der Waals surface area contributed by atoms with Crippen molar-refractivity contribution in [3.8, 4) is 11.8 Å². The molecule has 0 bridgehead atoms. The Morgan fingerprint density at radius 3 is 2.31 bits per heavy atom. The van der Waals surface area contributed by atoms with E-state index in [1.54, 1.807) is 60.9 Å². The number of aromatic nitrogens is 2. The van der Waals surface area contributed by atoms with Crippen LogP contribution in [0.15, 0.2) is 60.9 Å². The lowest BCUT2D eigenvalue weighted by Crippen LogP contribution is -2.23. The second-order valence-corrected chi connectivity index (χ2v) is 5.76. The highest BCUT2D eigenvalue weighted by Crippen LogP contribution is 2.24. The zero-order valence-corrected chi connectivity index (χ0v) is 14.4. The van der Waals surface area contributed by atoms with E-state index >= 15 is 0 Å². The summed E-state index contributed by atoms with van der Waals surface area (Å²) in [7, 11) is 0. The number of nitrogens with zero attached hydrogens (tertiary/aromatic N) is 2. The predicted octanol–water partition coefficient (Wildman–Crippen LogP) is 3.71. The van der Waals surface area contributed by atoms with Gasteiger partial charge in [-0.2, -0.15) is 0 Å². The van der Waals surface area contributed by atoms with Gasteiger partial charge in [-0.25, -0.2) is 9.97 Å². The number of Topliss-reactive ketones (excluding diaryl/α,β-unsaturated/α-hetero) is 1. The van der Waals surface area contributed by atoms with Crippen LogP contribution in [-0.2, 0) is 4.79 Å². The molecule has 130 valence electrons. The van der Waals surface area contributed by atoms with Crippen LogP contribution >= 0.6 is 0 Å². The Balaban J connectivity index is 1.70. The minimum absolute atomic E-state index is 0.234. The fourth-order valence-electron chi connectivity index (χ4n) is 2.30. The van der Waals surface area contributed by atoms with E-state index in [1.165, 1.54) is 0 Å². The van der Waals surface area contributed by atoms with Crippen molar-refractivity contribution in [2.75, 3.05) is 5.32 Å². The van der Waals surface area contributed by atoms with Crippen LogP contribution in [-0.4, -0.2) is 21.7 Å². The van der Waals surface area contributed by atoms with Crippen LogP contribution in [0.1, 0.15) is 21.5 Å². The third kappa shape index (κ3) is 4.10. The van der Waals surface area contributed by atoms with Crippen molar-refractivity contribution >= 4 is 17.4 Å². The molecule has 3 aromatic rings. The van der Waals surface area contributed by atoms with Gasteiger partial charge in [-0.15, -0.1) is 0 Å². The minimum atomic E-state index is -0.683. The maximum Gasteiger partial charge on any atom is 0.321 e. The largest absolute Gasteiger partial charge is 0.424 e. The molecule has 1 amide bonds. The highest BCUT2D eigenvalue weighted by molar-refractivity contribution is 6.46. The number of aryl methyl sites for hydroxylation is 2. The lowest BCUT2D eigenvalue weighted by Gasteiger charge is -2.10. The average molecular weight is 347 g/mol. The predicted molar refractivity (Wildman–Crippen MR) is 97.4 cm³/mol. The number of hydrogen-bond acceptors (Lipinski definition) is 5. The highest BCUT2D eigenvalue weighted by atomic mass is 16.5. The summed E-state index contributed by atoms with van der Waals surface area (Å²) in [6, 6.07) is 13.9. The normalized spacial score (nSPS) is 10.2. The second-order valence-electron chi connectivity index (χ2n) is 5.76. The number of benzene rings is 2. The number of carbonyl (C=O) groups is 2. The summed E-state index contributed by atoms with van der Waals surface area (Å²) >= 11 is 0. The molecule has 0 saturated carbocycles. The molecule has 0 aliphatic rings. The first-order valence-electron chi connectivity index (χ1n) is 8.01. The number of amides is 1. The Kier molecular flexibility index (Phi) is 5.03. The summed E-state index contributed by atoms with van der Waals surface area (Å²) in [4.78, 5) is 32.4. The van der Waals surface area contributed by atoms with Crippen molar-refractivity contribution in [3.05, 3.63) is 77.6 Å². The van der Waals surface area contributed by atoms with Gasteiger partial charge in [0.25, 0.3) is 11.7 Å². The molecule has 1 N–H and O–H groups in total. The number of rotatable bonds is 5. The van der Waals surface area contributed by atoms with Crippen LogP contribution in [0.3, 0.4) is 0 Å². The molecule has 2 aromatic carbocycles. The van der Waals surface area contributed by atoms with E-state index in [0.717, 1.165) is 11.1 Å². The Morgan fingerprint density at radius 2 is 1.65 bits per heavy atom. The van der Waals surface area contributed by atoms with Crippen molar-refractivity contribution < 1.29 is 14.3 Å². The van der Waals surface area contributed by atoms with E-state index in [9.17, 15) is 9.59 Å². The van der Waals surface area contributed by atoms with E-state index in [2.05, 4.69) is 15.3 Å². The summed E-state index contributed by atoms with van der Waals surface area (Å²) in [5.74, 6) is -0.726. The molecule has 0 fully saturated rings. The van der Waals surface area contributed by atoms with Gasteiger partial charge in [-0.3, -0.25) is 9.59 Å². The summed E-state index contributed by atoms with van der Waals surface area (Å²) in [5, 5.41) is 2.64. The number of carbonyl (C=O) groups excluding carboxylic acids is 2. The molecule has 0 radical (unpaired) electrons. The Morgan fingerprint density at radius 1 is 0.962 bits per heavy atom. The Hall–Kier alpha value is -3.54. The molecule has 0 saturated heterocycles. The first-order valence-corrected chi connectivity index (χ1v) is 8.01. The molecular weight excluding hydrogens is 330 g/mol. The maximum atomic E-state index is 12.2. The van der Waals surface area contributed by atoms with Gasteiger partial charge in [-0.1, -0.05) is 29.8 Å². The third-order valence-electron chi connectivity index (χ3n) is 3.72. The lowest BCUT2D eigenvalue weighted by atomic mass is 10.1. The lowest BCUT2D eigenvalue weighted by molar-refractivity contribution is -0.112. The van der Waals surface area contributed by atoms with Gasteiger partial charge in [0.2, 0.25) is 0 Å². The van der Waals surface area contributed by atoms with Gasteiger partial charge in [0.05, 0.1) is 0 Å². The van der Waals surface area contributed by atoms with Crippen molar-refractivity contribution in [1.82, 2.24) is 9.97 Å². The van der Waals surface area contributed by atoms with Gasteiger partial charge in [0.15, 0.2) is 0 Å².